The SMILES string of the molecule is CC(=O)N(c1ccccc1)c1nc(C=CC(=O)Nc2ccccc2Cn2cccn2)cs1. The molecule has 2 aromatic heterocycles. The summed E-state index contributed by atoms with van der Waals surface area (Å²) in [6.07, 6.45) is 6.66. The third-order valence-corrected chi connectivity index (χ3v) is 5.45. The molecule has 2 heterocycles. The molecule has 0 aliphatic carbocycles. The van der Waals surface area contributed by atoms with Crippen LogP contribution in [0.2, 0.25) is 0 Å². The van der Waals surface area contributed by atoms with Crippen LogP contribution in [0.25, 0.3) is 6.08 Å². The molecule has 32 heavy (non-hydrogen) atoms. The summed E-state index contributed by atoms with van der Waals surface area (Å²) < 4.78 is 1.80. The maximum absolute atomic E-state index is 12.5. The van der Waals surface area contributed by atoms with Crippen LogP contribution in [0, 0.1) is 0 Å². The molecule has 2 aromatic carbocycles. The molecular weight excluding hydrogens is 422 g/mol. The zero-order valence-corrected chi connectivity index (χ0v) is 18.2. The van der Waals surface area contributed by atoms with Crippen molar-refractivity contribution in [1.82, 2.24) is 14.8 Å². The van der Waals surface area contributed by atoms with Crippen LogP contribution in [0.4, 0.5) is 16.5 Å². The van der Waals surface area contributed by atoms with E-state index in [4.69, 9.17) is 0 Å². The van der Waals surface area contributed by atoms with Gasteiger partial charge in [0.1, 0.15) is 0 Å². The van der Waals surface area contributed by atoms with Crippen LogP contribution >= 0.6 is 11.3 Å². The molecule has 4 rings (SSSR count). The Labute approximate surface area is 189 Å². The van der Waals surface area contributed by atoms with E-state index in [1.807, 2.05) is 72.2 Å². The van der Waals surface area contributed by atoms with Crippen molar-refractivity contribution in [2.24, 2.45) is 0 Å². The number of nitrogens with zero attached hydrogens (tertiary/aromatic N) is 4. The Morgan fingerprint density at radius 2 is 1.88 bits per heavy atom. The minimum absolute atomic E-state index is 0.132. The van der Waals surface area contributed by atoms with Gasteiger partial charge in [-0.05, 0) is 35.9 Å². The molecule has 0 unspecified atom stereocenters. The number of thiazole rings is 1. The lowest BCUT2D eigenvalue weighted by Gasteiger charge is -2.17. The van der Waals surface area contributed by atoms with Gasteiger partial charge in [-0.15, -0.1) is 11.3 Å². The van der Waals surface area contributed by atoms with Crippen LogP contribution in [0.1, 0.15) is 18.2 Å². The molecule has 4 aromatic rings. The summed E-state index contributed by atoms with van der Waals surface area (Å²) in [4.78, 5) is 30.7. The molecule has 2 amide bonds. The minimum Gasteiger partial charge on any atom is -0.322 e. The molecule has 8 heteroatoms. The minimum atomic E-state index is -0.265. The number of carbonyl (C=O) groups excluding carboxylic acids is 2. The van der Waals surface area contributed by atoms with E-state index in [1.165, 1.54) is 24.3 Å². The highest BCUT2D eigenvalue weighted by atomic mass is 32.1. The van der Waals surface area contributed by atoms with Gasteiger partial charge >= 0.3 is 0 Å². The molecule has 160 valence electrons. The van der Waals surface area contributed by atoms with Crippen molar-refractivity contribution in [1.29, 1.82) is 0 Å². The molecule has 1 N–H and O–H groups in total. The number of carbonyl (C=O) groups is 2. The Kier molecular flexibility index (Phi) is 6.52. The number of nitrogens with one attached hydrogen (secondary N) is 1. The van der Waals surface area contributed by atoms with Gasteiger partial charge in [0.15, 0.2) is 5.13 Å². The number of rotatable bonds is 7. The lowest BCUT2D eigenvalue weighted by molar-refractivity contribution is -0.116. The molecule has 0 fully saturated rings. The predicted molar refractivity (Wildman–Crippen MR) is 127 cm³/mol. The van der Waals surface area contributed by atoms with Gasteiger partial charge in [-0.2, -0.15) is 5.10 Å². The van der Waals surface area contributed by atoms with Crippen LogP contribution in [0.15, 0.2) is 84.5 Å². The van der Waals surface area contributed by atoms with Crippen molar-refractivity contribution in [3.8, 4) is 0 Å². The Balaban J connectivity index is 1.45. The second-order valence-electron chi connectivity index (χ2n) is 6.93. The van der Waals surface area contributed by atoms with Crippen LogP contribution < -0.4 is 10.2 Å². The summed E-state index contributed by atoms with van der Waals surface area (Å²) in [6, 6.07) is 18.8. The number of hydrogen-bond acceptors (Lipinski definition) is 5. The van der Waals surface area contributed by atoms with E-state index in [0.29, 0.717) is 17.4 Å². The van der Waals surface area contributed by atoms with E-state index < -0.39 is 0 Å². The first-order valence-electron chi connectivity index (χ1n) is 9.96. The third kappa shape index (κ3) is 5.16. The van der Waals surface area contributed by atoms with E-state index in [0.717, 1.165) is 16.9 Å². The Morgan fingerprint density at radius 3 is 2.62 bits per heavy atom. The van der Waals surface area contributed by atoms with Crippen molar-refractivity contribution < 1.29 is 9.59 Å². The van der Waals surface area contributed by atoms with Crippen molar-refractivity contribution >= 4 is 45.7 Å². The standard InChI is InChI=1S/C24H21N5O2S/c1-18(30)29(21-9-3-2-4-10-21)24-26-20(17-32-24)12-13-23(31)27-22-11-6-5-8-19(22)16-28-15-7-14-25-28/h2-15,17H,16H2,1H3,(H,27,31). The molecular formula is C24H21N5O2S. The van der Waals surface area contributed by atoms with Crippen LogP contribution in [0.3, 0.4) is 0 Å². The van der Waals surface area contributed by atoms with Gasteiger partial charge in [0, 0.05) is 36.5 Å². The fourth-order valence-electron chi connectivity index (χ4n) is 3.14. The first-order valence-corrected chi connectivity index (χ1v) is 10.8. The first kappa shape index (κ1) is 21.2. The van der Waals surface area contributed by atoms with Gasteiger partial charge in [-0.3, -0.25) is 19.2 Å². The summed E-state index contributed by atoms with van der Waals surface area (Å²) in [5, 5.41) is 9.48. The van der Waals surface area contributed by atoms with E-state index in [9.17, 15) is 9.59 Å². The largest absolute Gasteiger partial charge is 0.322 e. The second kappa shape index (κ2) is 9.84. The normalized spacial score (nSPS) is 10.9. The van der Waals surface area contributed by atoms with Gasteiger partial charge in [0.05, 0.1) is 17.9 Å². The maximum atomic E-state index is 12.5. The lowest BCUT2D eigenvalue weighted by Crippen LogP contribution is -2.22. The summed E-state index contributed by atoms with van der Waals surface area (Å²) in [7, 11) is 0. The summed E-state index contributed by atoms with van der Waals surface area (Å²) in [5.74, 6) is -0.397. The molecule has 0 radical (unpaired) electrons. The highest BCUT2D eigenvalue weighted by Crippen LogP contribution is 2.29. The predicted octanol–water partition coefficient (Wildman–Crippen LogP) is 4.72. The number of amides is 2. The highest BCUT2D eigenvalue weighted by molar-refractivity contribution is 7.14. The molecule has 0 atom stereocenters. The van der Waals surface area contributed by atoms with Gasteiger partial charge < -0.3 is 5.32 Å². The van der Waals surface area contributed by atoms with Crippen molar-refractivity contribution in [3.05, 3.63) is 95.8 Å². The van der Waals surface area contributed by atoms with Gasteiger partial charge in [0.25, 0.3) is 0 Å². The number of para-hydroxylation sites is 2. The average Bonchev–Trinajstić information content (AvgIpc) is 3.47. The Bertz CT molecular complexity index is 1230. The first-order chi connectivity index (χ1) is 15.6. The van der Waals surface area contributed by atoms with Crippen LogP contribution in [-0.2, 0) is 16.1 Å². The highest BCUT2D eigenvalue weighted by Gasteiger charge is 2.17. The molecule has 0 spiro atoms. The van der Waals surface area contributed by atoms with Gasteiger partial charge in [-0.1, -0.05) is 36.4 Å². The summed E-state index contributed by atoms with van der Waals surface area (Å²) >= 11 is 1.34. The Hall–Kier alpha value is -4.04. The topological polar surface area (TPSA) is 80.1 Å². The van der Waals surface area contributed by atoms with E-state index in [1.54, 1.807) is 21.9 Å². The number of benzene rings is 2. The quantitative estimate of drug-likeness (QED) is 0.419. The van der Waals surface area contributed by atoms with Crippen LogP contribution in [0.5, 0.6) is 0 Å². The molecule has 0 aliphatic rings. The molecule has 0 saturated heterocycles. The zero-order valence-electron chi connectivity index (χ0n) is 17.4. The van der Waals surface area contributed by atoms with Crippen LogP contribution in [-0.4, -0.2) is 26.6 Å². The fraction of sp³-hybridized carbons (Fsp3) is 0.0833. The summed E-state index contributed by atoms with van der Waals surface area (Å²) in [5.41, 5.74) is 3.03. The average molecular weight is 444 g/mol. The Morgan fingerprint density at radius 1 is 1.09 bits per heavy atom. The molecule has 7 nitrogen and oxygen atoms in total. The van der Waals surface area contributed by atoms with E-state index in [2.05, 4.69) is 15.4 Å². The van der Waals surface area contributed by atoms with E-state index >= 15 is 0 Å². The number of hydrogen-bond donors (Lipinski definition) is 1. The zero-order chi connectivity index (χ0) is 22.3. The number of anilines is 3. The monoisotopic (exact) mass is 443 g/mol. The lowest BCUT2D eigenvalue weighted by atomic mass is 10.1. The van der Waals surface area contributed by atoms with Crippen molar-refractivity contribution in [2.75, 3.05) is 10.2 Å². The maximum Gasteiger partial charge on any atom is 0.248 e. The van der Waals surface area contributed by atoms with Gasteiger partial charge in [-0.25, -0.2) is 4.98 Å². The smallest absolute Gasteiger partial charge is 0.248 e. The third-order valence-electron chi connectivity index (χ3n) is 4.60. The van der Waals surface area contributed by atoms with Crippen molar-refractivity contribution in [2.45, 2.75) is 13.5 Å². The summed E-state index contributed by atoms with van der Waals surface area (Å²) in [6.45, 7) is 2.06. The fourth-order valence-corrected chi connectivity index (χ4v) is 4.00. The molecule has 0 aliphatic heterocycles. The molecule has 0 bridgehead atoms. The van der Waals surface area contributed by atoms with Crippen molar-refractivity contribution in [3.63, 3.8) is 0 Å². The van der Waals surface area contributed by atoms with Gasteiger partial charge in [0.2, 0.25) is 11.8 Å². The van der Waals surface area contributed by atoms with E-state index in [-0.39, 0.29) is 11.8 Å². The second-order valence-corrected chi connectivity index (χ2v) is 7.76. The molecule has 0 saturated carbocycles. The number of aromatic nitrogens is 3.